The van der Waals surface area contributed by atoms with Crippen molar-refractivity contribution in [2.45, 2.75) is 39.8 Å². The van der Waals surface area contributed by atoms with Gasteiger partial charge in [0.1, 0.15) is 0 Å². The van der Waals surface area contributed by atoms with Crippen molar-refractivity contribution >= 4 is 5.97 Å². The number of carbonyl (C=O) groups excluding carboxylic acids is 1. The predicted molar refractivity (Wildman–Crippen MR) is 78.2 cm³/mol. The average Bonchev–Trinajstić information content (AvgIpc) is 2.37. The maximum absolute atomic E-state index is 11.7. The van der Waals surface area contributed by atoms with Crippen LogP contribution in [0.2, 0.25) is 0 Å². The Kier molecular flexibility index (Phi) is 6.03. The first-order chi connectivity index (χ1) is 8.95. The Bertz CT molecular complexity index is 415. The zero-order chi connectivity index (χ0) is 14.4. The van der Waals surface area contributed by atoms with Crippen LogP contribution in [0.25, 0.3) is 0 Å². The Hall–Kier alpha value is -1.35. The van der Waals surface area contributed by atoms with Gasteiger partial charge >= 0.3 is 5.97 Å². The molecule has 0 saturated heterocycles. The van der Waals surface area contributed by atoms with Crippen molar-refractivity contribution in [2.24, 2.45) is 5.92 Å². The minimum atomic E-state index is -0.263. The van der Waals surface area contributed by atoms with Crippen molar-refractivity contribution in [1.29, 1.82) is 0 Å². The van der Waals surface area contributed by atoms with Crippen LogP contribution >= 0.6 is 0 Å². The van der Waals surface area contributed by atoms with E-state index in [4.69, 9.17) is 4.74 Å². The molecule has 1 unspecified atom stereocenters. The van der Waals surface area contributed by atoms with Crippen LogP contribution in [0.4, 0.5) is 0 Å². The molecule has 19 heavy (non-hydrogen) atoms. The molecule has 106 valence electrons. The van der Waals surface area contributed by atoms with Gasteiger partial charge < -0.3 is 4.74 Å². The molecular weight excluding hydrogens is 238 g/mol. The number of nitrogens with zero attached hydrogens (tertiary/aromatic N) is 1. The average molecular weight is 263 g/mol. The van der Waals surface area contributed by atoms with Crippen LogP contribution in [-0.2, 0) is 11.3 Å². The summed E-state index contributed by atoms with van der Waals surface area (Å²) in [6.45, 7) is 7.44. The van der Waals surface area contributed by atoms with Gasteiger partial charge in [0.05, 0.1) is 12.7 Å². The van der Waals surface area contributed by atoms with Crippen LogP contribution in [0.3, 0.4) is 0 Å². The molecule has 1 rings (SSSR count). The fraction of sp³-hybridized carbons (Fsp3) is 0.562. The molecule has 0 radical (unpaired) electrons. The minimum Gasteiger partial charge on any atom is -0.465 e. The molecule has 0 aliphatic carbocycles. The Morgan fingerprint density at radius 3 is 2.47 bits per heavy atom. The van der Waals surface area contributed by atoms with E-state index in [0.717, 1.165) is 18.5 Å². The van der Waals surface area contributed by atoms with Gasteiger partial charge in [0.15, 0.2) is 0 Å². The second kappa shape index (κ2) is 7.29. The van der Waals surface area contributed by atoms with Crippen molar-refractivity contribution in [3.8, 4) is 0 Å². The van der Waals surface area contributed by atoms with Crippen molar-refractivity contribution in [2.75, 3.05) is 14.2 Å². The zero-order valence-electron chi connectivity index (χ0n) is 12.6. The molecule has 0 spiro atoms. The normalized spacial score (nSPS) is 12.8. The summed E-state index contributed by atoms with van der Waals surface area (Å²) in [5, 5.41) is 0. The van der Waals surface area contributed by atoms with Crippen molar-refractivity contribution in [3.05, 3.63) is 35.4 Å². The van der Waals surface area contributed by atoms with E-state index in [1.54, 1.807) is 0 Å². The van der Waals surface area contributed by atoms with E-state index in [2.05, 4.69) is 32.7 Å². The molecule has 0 saturated carbocycles. The first kappa shape index (κ1) is 15.7. The van der Waals surface area contributed by atoms with Crippen LogP contribution < -0.4 is 0 Å². The van der Waals surface area contributed by atoms with E-state index < -0.39 is 0 Å². The van der Waals surface area contributed by atoms with Gasteiger partial charge in [-0.1, -0.05) is 32.0 Å². The number of hydrogen-bond donors (Lipinski definition) is 0. The lowest BCUT2D eigenvalue weighted by atomic mass is 10.0. The van der Waals surface area contributed by atoms with E-state index in [9.17, 15) is 4.79 Å². The lowest BCUT2D eigenvalue weighted by Crippen LogP contribution is -2.30. The van der Waals surface area contributed by atoms with Gasteiger partial charge in [-0.05, 0) is 37.9 Å². The molecule has 0 N–H and O–H groups in total. The van der Waals surface area contributed by atoms with Crippen molar-refractivity contribution in [3.63, 3.8) is 0 Å². The number of methoxy groups -OCH3 is 1. The van der Waals surface area contributed by atoms with Gasteiger partial charge in [-0.3, -0.25) is 4.90 Å². The minimum absolute atomic E-state index is 0.263. The fourth-order valence-electron chi connectivity index (χ4n) is 2.25. The third-order valence-electron chi connectivity index (χ3n) is 3.41. The molecule has 1 aromatic rings. The third kappa shape index (κ3) is 4.67. The van der Waals surface area contributed by atoms with Crippen LogP contribution in [0.1, 0.15) is 43.1 Å². The number of carbonyl (C=O) groups is 1. The van der Waals surface area contributed by atoms with Gasteiger partial charge in [-0.2, -0.15) is 0 Å². The molecule has 0 bridgehead atoms. The second-order valence-corrected chi connectivity index (χ2v) is 5.54. The first-order valence-corrected chi connectivity index (χ1v) is 6.82. The Labute approximate surface area is 116 Å². The largest absolute Gasteiger partial charge is 0.465 e. The summed E-state index contributed by atoms with van der Waals surface area (Å²) in [6, 6.07) is 8.13. The Morgan fingerprint density at radius 1 is 1.26 bits per heavy atom. The van der Waals surface area contributed by atoms with Crippen molar-refractivity contribution in [1.82, 2.24) is 4.90 Å². The summed E-state index contributed by atoms with van der Waals surface area (Å²) in [7, 11) is 3.52. The molecule has 0 amide bonds. The monoisotopic (exact) mass is 263 g/mol. The van der Waals surface area contributed by atoms with Gasteiger partial charge in [0.25, 0.3) is 0 Å². The summed E-state index contributed by atoms with van der Waals surface area (Å²) in [5.41, 5.74) is 1.68. The lowest BCUT2D eigenvalue weighted by molar-refractivity contribution is 0.0598. The number of ether oxygens (including phenoxy) is 1. The summed E-state index contributed by atoms with van der Waals surface area (Å²) >= 11 is 0. The van der Waals surface area contributed by atoms with E-state index in [1.807, 2.05) is 24.3 Å². The van der Waals surface area contributed by atoms with Gasteiger partial charge in [0.2, 0.25) is 0 Å². The summed E-state index contributed by atoms with van der Waals surface area (Å²) in [6.07, 6.45) is 1.15. The van der Waals surface area contributed by atoms with Crippen LogP contribution in [-0.4, -0.2) is 31.1 Å². The molecular formula is C16H25NO2. The van der Waals surface area contributed by atoms with Crippen LogP contribution in [0.5, 0.6) is 0 Å². The quantitative estimate of drug-likeness (QED) is 0.737. The summed E-state index contributed by atoms with van der Waals surface area (Å²) < 4.78 is 4.83. The van der Waals surface area contributed by atoms with E-state index in [0.29, 0.717) is 17.5 Å². The highest BCUT2D eigenvalue weighted by atomic mass is 16.5. The SMILES string of the molecule is COC(=O)c1ccccc1CN(C)C(C)CC(C)C. The zero-order valence-corrected chi connectivity index (χ0v) is 12.6. The van der Waals surface area contributed by atoms with E-state index >= 15 is 0 Å². The lowest BCUT2D eigenvalue weighted by Gasteiger charge is -2.26. The smallest absolute Gasteiger partial charge is 0.338 e. The van der Waals surface area contributed by atoms with Crippen LogP contribution in [0.15, 0.2) is 24.3 Å². The van der Waals surface area contributed by atoms with Crippen LogP contribution in [0, 0.1) is 5.92 Å². The topological polar surface area (TPSA) is 29.5 Å². The fourth-order valence-corrected chi connectivity index (χ4v) is 2.25. The molecule has 3 nitrogen and oxygen atoms in total. The van der Waals surface area contributed by atoms with Gasteiger partial charge in [-0.25, -0.2) is 4.79 Å². The number of hydrogen-bond acceptors (Lipinski definition) is 3. The Morgan fingerprint density at radius 2 is 1.89 bits per heavy atom. The van der Waals surface area contributed by atoms with Gasteiger partial charge in [0, 0.05) is 12.6 Å². The predicted octanol–water partition coefficient (Wildman–Crippen LogP) is 3.34. The second-order valence-electron chi connectivity index (χ2n) is 5.54. The number of benzene rings is 1. The highest BCUT2D eigenvalue weighted by molar-refractivity contribution is 5.90. The van der Waals surface area contributed by atoms with Gasteiger partial charge in [-0.15, -0.1) is 0 Å². The molecule has 1 aromatic carbocycles. The molecule has 0 aliphatic heterocycles. The Balaban J connectivity index is 2.79. The molecule has 0 aromatic heterocycles. The highest BCUT2D eigenvalue weighted by Crippen LogP contribution is 2.16. The van der Waals surface area contributed by atoms with E-state index in [-0.39, 0.29) is 5.97 Å². The molecule has 0 heterocycles. The molecule has 0 fully saturated rings. The maximum Gasteiger partial charge on any atom is 0.338 e. The molecule has 3 heteroatoms. The maximum atomic E-state index is 11.7. The van der Waals surface area contributed by atoms with E-state index in [1.165, 1.54) is 7.11 Å². The summed E-state index contributed by atoms with van der Waals surface area (Å²) in [4.78, 5) is 14.0. The first-order valence-electron chi connectivity index (χ1n) is 6.82. The van der Waals surface area contributed by atoms with Crippen molar-refractivity contribution < 1.29 is 9.53 Å². The third-order valence-corrected chi connectivity index (χ3v) is 3.41. The number of rotatable bonds is 6. The number of esters is 1. The molecule has 1 atom stereocenters. The summed E-state index contributed by atoms with van der Waals surface area (Å²) in [5.74, 6) is 0.411. The standard InChI is InChI=1S/C16H25NO2/c1-12(2)10-13(3)17(4)11-14-8-6-7-9-15(14)16(18)19-5/h6-9,12-13H,10-11H2,1-5H3. The highest BCUT2D eigenvalue weighted by Gasteiger charge is 2.16. The molecule has 0 aliphatic rings.